The molecule has 0 aliphatic carbocycles. The number of amides is 1. The van der Waals surface area contributed by atoms with Crippen molar-refractivity contribution in [1.29, 1.82) is 0 Å². The molecule has 0 radical (unpaired) electrons. The van der Waals surface area contributed by atoms with Crippen molar-refractivity contribution in [2.75, 3.05) is 13.7 Å². The lowest BCUT2D eigenvalue weighted by Gasteiger charge is -2.12. The SMILES string of the molecule is CCN1C(=O)/C(=C\c2cn(C)c3ccccc23)SC1=Nc1ccc(OC)cc1. The standard InChI is InChI=1S/C22H21N3O2S/c1-4-25-21(26)20(13-15-14-24(2)19-8-6-5-7-18(15)19)28-22(25)23-16-9-11-17(27-3)12-10-16/h5-14H,4H2,1-3H3/b20-13+,23-22?. The number of nitrogens with zero attached hydrogens (tertiary/aromatic N) is 3. The van der Waals surface area contributed by atoms with Gasteiger partial charge in [0.05, 0.1) is 17.7 Å². The summed E-state index contributed by atoms with van der Waals surface area (Å²) in [5, 5.41) is 1.83. The van der Waals surface area contributed by atoms with Crippen LogP contribution in [0.3, 0.4) is 0 Å². The van der Waals surface area contributed by atoms with Crippen LogP contribution in [-0.4, -0.2) is 34.2 Å². The van der Waals surface area contributed by atoms with E-state index in [4.69, 9.17) is 4.74 Å². The van der Waals surface area contributed by atoms with Crippen LogP contribution in [0.25, 0.3) is 17.0 Å². The van der Waals surface area contributed by atoms with E-state index in [2.05, 4.69) is 27.9 Å². The third-order valence-corrected chi connectivity index (χ3v) is 5.72. The van der Waals surface area contributed by atoms with Gasteiger partial charge in [0.1, 0.15) is 5.75 Å². The average molecular weight is 391 g/mol. The van der Waals surface area contributed by atoms with Crippen LogP contribution in [0, 0.1) is 0 Å². The van der Waals surface area contributed by atoms with Crippen LogP contribution in [0.1, 0.15) is 12.5 Å². The fraction of sp³-hybridized carbons (Fsp3) is 0.182. The molecule has 0 unspecified atom stereocenters. The van der Waals surface area contributed by atoms with Gasteiger partial charge in [-0.15, -0.1) is 0 Å². The fourth-order valence-corrected chi connectivity index (χ4v) is 4.32. The van der Waals surface area contributed by atoms with E-state index < -0.39 is 0 Å². The van der Waals surface area contributed by atoms with Crippen LogP contribution in [0.5, 0.6) is 5.75 Å². The smallest absolute Gasteiger partial charge is 0.266 e. The molecule has 1 saturated heterocycles. The molecule has 6 heteroatoms. The summed E-state index contributed by atoms with van der Waals surface area (Å²) in [6.45, 7) is 2.54. The third-order valence-electron chi connectivity index (χ3n) is 4.72. The molecule has 5 nitrogen and oxygen atoms in total. The second kappa shape index (κ2) is 7.56. The molecule has 2 heterocycles. The van der Waals surface area contributed by atoms with Gasteiger partial charge >= 0.3 is 0 Å². The highest BCUT2D eigenvalue weighted by atomic mass is 32.2. The lowest BCUT2D eigenvalue weighted by molar-refractivity contribution is -0.122. The molecule has 0 spiro atoms. The molecule has 1 aliphatic heterocycles. The molecule has 1 aliphatic rings. The van der Waals surface area contributed by atoms with E-state index >= 15 is 0 Å². The lowest BCUT2D eigenvalue weighted by Crippen LogP contribution is -2.28. The predicted octanol–water partition coefficient (Wildman–Crippen LogP) is 4.81. The number of aryl methyl sites for hydroxylation is 1. The Morgan fingerprint density at radius 1 is 1.14 bits per heavy atom. The fourth-order valence-electron chi connectivity index (χ4n) is 3.27. The molecule has 2 aromatic carbocycles. The minimum Gasteiger partial charge on any atom is -0.497 e. The van der Waals surface area contributed by atoms with Crippen molar-refractivity contribution < 1.29 is 9.53 Å². The van der Waals surface area contributed by atoms with Crippen LogP contribution in [-0.2, 0) is 11.8 Å². The quantitative estimate of drug-likeness (QED) is 0.600. The molecule has 0 saturated carbocycles. The number of aromatic nitrogens is 1. The molecule has 0 N–H and O–H groups in total. The molecular weight excluding hydrogens is 370 g/mol. The molecule has 4 rings (SSSR count). The Labute approximate surface area is 168 Å². The second-order valence-electron chi connectivity index (χ2n) is 6.46. The van der Waals surface area contributed by atoms with Crippen molar-refractivity contribution >= 4 is 45.5 Å². The maximum atomic E-state index is 12.9. The number of fused-ring (bicyclic) bond motifs is 1. The first-order valence-electron chi connectivity index (χ1n) is 9.09. The highest BCUT2D eigenvalue weighted by Crippen LogP contribution is 2.35. The molecule has 1 aromatic heterocycles. The summed E-state index contributed by atoms with van der Waals surface area (Å²) < 4.78 is 7.27. The number of thioether (sulfide) groups is 1. The van der Waals surface area contributed by atoms with Gasteiger partial charge < -0.3 is 9.30 Å². The summed E-state index contributed by atoms with van der Waals surface area (Å²) >= 11 is 1.42. The largest absolute Gasteiger partial charge is 0.497 e. The van der Waals surface area contributed by atoms with Gasteiger partial charge in [-0.2, -0.15) is 0 Å². The Balaban J connectivity index is 1.70. The normalized spacial score (nSPS) is 17.2. The van der Waals surface area contributed by atoms with E-state index in [9.17, 15) is 4.79 Å². The van der Waals surface area contributed by atoms with Gasteiger partial charge in [-0.05, 0) is 55.1 Å². The lowest BCUT2D eigenvalue weighted by atomic mass is 10.1. The van der Waals surface area contributed by atoms with Crippen molar-refractivity contribution in [2.45, 2.75) is 6.92 Å². The monoisotopic (exact) mass is 391 g/mol. The molecule has 1 amide bonds. The van der Waals surface area contributed by atoms with Crippen LogP contribution >= 0.6 is 11.8 Å². The number of hydrogen-bond donors (Lipinski definition) is 0. The van der Waals surface area contributed by atoms with Crippen LogP contribution in [0.15, 0.2) is 64.6 Å². The maximum absolute atomic E-state index is 12.9. The van der Waals surface area contributed by atoms with Crippen LogP contribution in [0.4, 0.5) is 5.69 Å². The number of carbonyl (C=O) groups is 1. The predicted molar refractivity (Wildman–Crippen MR) is 116 cm³/mol. The minimum atomic E-state index is -0.00676. The topological polar surface area (TPSA) is 46.8 Å². The average Bonchev–Trinajstić information content (AvgIpc) is 3.19. The van der Waals surface area contributed by atoms with Gasteiger partial charge in [0.2, 0.25) is 0 Å². The first kappa shape index (κ1) is 18.4. The first-order chi connectivity index (χ1) is 13.6. The Morgan fingerprint density at radius 2 is 1.89 bits per heavy atom. The number of benzene rings is 2. The summed E-state index contributed by atoms with van der Waals surface area (Å²) in [6.07, 6.45) is 4.02. The van der Waals surface area contributed by atoms with Crippen LogP contribution < -0.4 is 4.74 Å². The molecular formula is C22H21N3O2S. The van der Waals surface area contributed by atoms with E-state index in [1.807, 2.05) is 56.4 Å². The van der Waals surface area contributed by atoms with E-state index in [1.165, 1.54) is 11.8 Å². The number of likely N-dealkylation sites (N-methyl/N-ethyl adjacent to an activating group) is 1. The molecule has 0 bridgehead atoms. The number of aliphatic imine (C=N–C) groups is 1. The van der Waals surface area contributed by atoms with E-state index in [1.54, 1.807) is 12.0 Å². The third kappa shape index (κ3) is 3.31. The summed E-state index contributed by atoms with van der Waals surface area (Å²) in [5.74, 6) is 0.774. The van der Waals surface area contributed by atoms with Gasteiger partial charge in [-0.25, -0.2) is 4.99 Å². The van der Waals surface area contributed by atoms with Crippen molar-refractivity contribution in [3.63, 3.8) is 0 Å². The van der Waals surface area contributed by atoms with Crippen molar-refractivity contribution in [3.05, 3.63) is 65.2 Å². The zero-order valence-electron chi connectivity index (χ0n) is 16.0. The van der Waals surface area contributed by atoms with E-state index in [-0.39, 0.29) is 5.91 Å². The van der Waals surface area contributed by atoms with Crippen molar-refractivity contribution in [2.24, 2.45) is 12.0 Å². The summed E-state index contributed by atoms with van der Waals surface area (Å²) in [5.41, 5.74) is 2.97. The summed E-state index contributed by atoms with van der Waals surface area (Å²) in [7, 11) is 3.65. The number of amidine groups is 1. The van der Waals surface area contributed by atoms with E-state index in [0.29, 0.717) is 16.6 Å². The number of ether oxygens (including phenoxy) is 1. The minimum absolute atomic E-state index is 0.00676. The molecule has 28 heavy (non-hydrogen) atoms. The first-order valence-corrected chi connectivity index (χ1v) is 9.90. The second-order valence-corrected chi connectivity index (χ2v) is 7.47. The Hall–Kier alpha value is -2.99. The Morgan fingerprint density at radius 3 is 2.61 bits per heavy atom. The zero-order chi connectivity index (χ0) is 19.7. The zero-order valence-corrected chi connectivity index (χ0v) is 16.9. The van der Waals surface area contributed by atoms with Gasteiger partial charge in [0.25, 0.3) is 5.91 Å². The summed E-state index contributed by atoms with van der Waals surface area (Å²) in [4.78, 5) is 20.0. The molecule has 142 valence electrons. The van der Waals surface area contributed by atoms with Crippen LogP contribution in [0.2, 0.25) is 0 Å². The van der Waals surface area contributed by atoms with Gasteiger partial charge in [0, 0.05) is 36.3 Å². The van der Waals surface area contributed by atoms with Gasteiger partial charge in [0.15, 0.2) is 5.17 Å². The van der Waals surface area contributed by atoms with Gasteiger partial charge in [-0.1, -0.05) is 18.2 Å². The number of hydrogen-bond acceptors (Lipinski definition) is 4. The van der Waals surface area contributed by atoms with Crippen molar-refractivity contribution in [3.8, 4) is 5.75 Å². The summed E-state index contributed by atoms with van der Waals surface area (Å²) in [6, 6.07) is 15.7. The number of carbonyl (C=O) groups excluding carboxylic acids is 1. The highest BCUT2D eigenvalue weighted by molar-refractivity contribution is 8.18. The number of methoxy groups -OCH3 is 1. The molecule has 1 fully saturated rings. The Kier molecular flexibility index (Phi) is 4.96. The highest BCUT2D eigenvalue weighted by Gasteiger charge is 2.32. The Bertz CT molecular complexity index is 1100. The maximum Gasteiger partial charge on any atom is 0.266 e. The van der Waals surface area contributed by atoms with Gasteiger partial charge in [-0.3, -0.25) is 9.69 Å². The van der Waals surface area contributed by atoms with Crippen molar-refractivity contribution in [1.82, 2.24) is 9.47 Å². The van der Waals surface area contributed by atoms with E-state index in [0.717, 1.165) is 27.9 Å². The molecule has 0 atom stereocenters. The molecule has 3 aromatic rings. The number of rotatable bonds is 4. The number of para-hydroxylation sites is 1.